The van der Waals surface area contributed by atoms with Crippen LogP contribution in [0.5, 0.6) is 0 Å². The number of carbonyl (C=O) groups excluding carboxylic acids is 1. The first-order chi connectivity index (χ1) is 8.65. The molecule has 0 radical (unpaired) electrons. The highest BCUT2D eigenvalue weighted by Crippen LogP contribution is 2.08. The minimum absolute atomic E-state index is 0.0521. The van der Waals surface area contributed by atoms with Crippen LogP contribution in [0.4, 0.5) is 8.78 Å². The summed E-state index contributed by atoms with van der Waals surface area (Å²) in [4.78, 5) is 11.6. The molecule has 0 bridgehead atoms. The SMILES string of the molecule is O=C(OCc1ccc(F)cc1)c1ccc(F)cc1. The van der Waals surface area contributed by atoms with Crippen LogP contribution in [0.25, 0.3) is 0 Å². The van der Waals surface area contributed by atoms with E-state index in [2.05, 4.69) is 0 Å². The van der Waals surface area contributed by atoms with Crippen molar-refractivity contribution in [2.24, 2.45) is 0 Å². The van der Waals surface area contributed by atoms with E-state index < -0.39 is 11.8 Å². The van der Waals surface area contributed by atoms with E-state index in [1.807, 2.05) is 0 Å². The van der Waals surface area contributed by atoms with Gasteiger partial charge in [0.15, 0.2) is 0 Å². The molecule has 18 heavy (non-hydrogen) atoms. The van der Waals surface area contributed by atoms with Crippen LogP contribution in [0.3, 0.4) is 0 Å². The van der Waals surface area contributed by atoms with Gasteiger partial charge in [-0.2, -0.15) is 0 Å². The van der Waals surface area contributed by atoms with Crippen LogP contribution >= 0.6 is 0 Å². The van der Waals surface area contributed by atoms with Gasteiger partial charge in [0.2, 0.25) is 0 Å². The standard InChI is InChI=1S/C14H10F2O2/c15-12-5-1-10(2-6-12)9-18-14(17)11-3-7-13(16)8-4-11/h1-8H,9H2. The Morgan fingerprint density at radius 3 is 1.94 bits per heavy atom. The average molecular weight is 248 g/mol. The lowest BCUT2D eigenvalue weighted by molar-refractivity contribution is 0.0472. The molecule has 0 aliphatic carbocycles. The molecule has 92 valence electrons. The van der Waals surface area contributed by atoms with Crippen molar-refractivity contribution < 1.29 is 18.3 Å². The molecule has 0 spiro atoms. The smallest absolute Gasteiger partial charge is 0.338 e. The monoisotopic (exact) mass is 248 g/mol. The molecule has 0 atom stereocenters. The van der Waals surface area contributed by atoms with E-state index in [0.717, 1.165) is 0 Å². The highest BCUT2D eigenvalue weighted by Gasteiger charge is 2.07. The molecule has 0 aliphatic heterocycles. The van der Waals surface area contributed by atoms with Gasteiger partial charge in [0.25, 0.3) is 0 Å². The second-order valence-corrected chi connectivity index (χ2v) is 3.71. The van der Waals surface area contributed by atoms with Crippen LogP contribution in [-0.4, -0.2) is 5.97 Å². The zero-order chi connectivity index (χ0) is 13.0. The Balaban J connectivity index is 1.96. The lowest BCUT2D eigenvalue weighted by Crippen LogP contribution is -2.05. The normalized spacial score (nSPS) is 10.1. The molecule has 2 rings (SSSR count). The van der Waals surface area contributed by atoms with Gasteiger partial charge in [0.1, 0.15) is 18.2 Å². The molecular weight excluding hydrogens is 238 g/mol. The third-order valence-electron chi connectivity index (χ3n) is 2.36. The number of halogens is 2. The van der Waals surface area contributed by atoms with Gasteiger partial charge in [-0.05, 0) is 42.0 Å². The fourth-order valence-electron chi connectivity index (χ4n) is 1.40. The third-order valence-corrected chi connectivity index (χ3v) is 2.36. The molecule has 2 aromatic carbocycles. The van der Waals surface area contributed by atoms with E-state index in [9.17, 15) is 13.6 Å². The maximum Gasteiger partial charge on any atom is 0.338 e. The minimum Gasteiger partial charge on any atom is -0.457 e. The molecule has 0 fully saturated rings. The summed E-state index contributed by atoms with van der Waals surface area (Å²) < 4.78 is 30.3. The van der Waals surface area contributed by atoms with E-state index in [4.69, 9.17) is 4.74 Å². The van der Waals surface area contributed by atoms with Gasteiger partial charge in [0.05, 0.1) is 5.56 Å². The van der Waals surface area contributed by atoms with E-state index in [1.54, 1.807) is 0 Å². The number of rotatable bonds is 3. The maximum absolute atomic E-state index is 12.7. The van der Waals surface area contributed by atoms with Crippen molar-refractivity contribution in [2.45, 2.75) is 6.61 Å². The van der Waals surface area contributed by atoms with Crippen molar-refractivity contribution in [1.82, 2.24) is 0 Å². The summed E-state index contributed by atoms with van der Waals surface area (Å²) in [7, 11) is 0. The van der Waals surface area contributed by atoms with Crippen molar-refractivity contribution in [2.75, 3.05) is 0 Å². The first-order valence-corrected chi connectivity index (χ1v) is 5.32. The third kappa shape index (κ3) is 3.13. The van der Waals surface area contributed by atoms with Crippen molar-refractivity contribution >= 4 is 5.97 Å². The molecular formula is C14H10F2O2. The summed E-state index contributed by atoms with van der Waals surface area (Å²) in [5.41, 5.74) is 0.963. The summed E-state index contributed by atoms with van der Waals surface area (Å²) in [6.07, 6.45) is 0. The topological polar surface area (TPSA) is 26.3 Å². The quantitative estimate of drug-likeness (QED) is 0.779. The Kier molecular flexibility index (Phi) is 3.67. The molecule has 0 heterocycles. The van der Waals surface area contributed by atoms with E-state index in [-0.39, 0.29) is 18.0 Å². The van der Waals surface area contributed by atoms with Gasteiger partial charge in [-0.15, -0.1) is 0 Å². The van der Waals surface area contributed by atoms with Crippen molar-refractivity contribution in [3.05, 3.63) is 71.3 Å². The number of benzene rings is 2. The summed E-state index contributed by atoms with van der Waals surface area (Å²) in [6.45, 7) is 0.0521. The fourth-order valence-corrected chi connectivity index (χ4v) is 1.40. The zero-order valence-electron chi connectivity index (χ0n) is 9.40. The molecule has 4 heteroatoms. The van der Waals surface area contributed by atoms with Crippen molar-refractivity contribution in [3.8, 4) is 0 Å². The molecule has 0 saturated carbocycles. The molecule has 2 aromatic rings. The summed E-state index contributed by atoms with van der Waals surface area (Å²) in [5.74, 6) is -1.30. The zero-order valence-corrected chi connectivity index (χ0v) is 9.40. The van der Waals surface area contributed by atoms with E-state index in [0.29, 0.717) is 5.56 Å². The Bertz CT molecular complexity index is 533. The number of esters is 1. The van der Waals surface area contributed by atoms with E-state index in [1.165, 1.54) is 48.5 Å². The number of ether oxygens (including phenoxy) is 1. The van der Waals surface area contributed by atoms with Crippen LogP contribution in [0.2, 0.25) is 0 Å². The molecule has 2 nitrogen and oxygen atoms in total. The number of carbonyl (C=O) groups is 1. The molecule has 0 aliphatic rings. The predicted octanol–water partition coefficient (Wildman–Crippen LogP) is 3.32. The summed E-state index contributed by atoms with van der Waals surface area (Å²) in [5, 5.41) is 0. The average Bonchev–Trinajstić information content (AvgIpc) is 2.38. The second kappa shape index (κ2) is 5.40. The number of hydrogen-bond donors (Lipinski definition) is 0. The molecule has 0 saturated heterocycles. The molecule has 0 amide bonds. The van der Waals surface area contributed by atoms with Crippen LogP contribution in [0, 0.1) is 11.6 Å². The number of hydrogen-bond acceptors (Lipinski definition) is 2. The van der Waals surface area contributed by atoms with Crippen LogP contribution in [-0.2, 0) is 11.3 Å². The molecule has 0 N–H and O–H groups in total. The van der Waals surface area contributed by atoms with Crippen LogP contribution < -0.4 is 0 Å². The van der Waals surface area contributed by atoms with Gasteiger partial charge >= 0.3 is 5.97 Å². The van der Waals surface area contributed by atoms with Crippen LogP contribution in [0.1, 0.15) is 15.9 Å². The van der Waals surface area contributed by atoms with Crippen molar-refractivity contribution in [1.29, 1.82) is 0 Å². The summed E-state index contributed by atoms with van der Waals surface area (Å²) in [6, 6.07) is 10.7. The Hall–Kier alpha value is -2.23. The second-order valence-electron chi connectivity index (χ2n) is 3.71. The Morgan fingerprint density at radius 2 is 1.39 bits per heavy atom. The van der Waals surface area contributed by atoms with Crippen LogP contribution in [0.15, 0.2) is 48.5 Å². The lowest BCUT2D eigenvalue weighted by atomic mass is 10.2. The highest BCUT2D eigenvalue weighted by atomic mass is 19.1. The summed E-state index contributed by atoms with van der Waals surface area (Å²) >= 11 is 0. The Morgan fingerprint density at radius 1 is 0.889 bits per heavy atom. The first kappa shape index (κ1) is 12.2. The van der Waals surface area contributed by atoms with Gasteiger partial charge in [-0.1, -0.05) is 12.1 Å². The van der Waals surface area contributed by atoms with Crippen molar-refractivity contribution in [3.63, 3.8) is 0 Å². The minimum atomic E-state index is -0.542. The molecule has 0 unspecified atom stereocenters. The lowest BCUT2D eigenvalue weighted by Gasteiger charge is -2.04. The Labute approximate surface area is 103 Å². The van der Waals surface area contributed by atoms with E-state index >= 15 is 0 Å². The molecule has 0 aromatic heterocycles. The largest absolute Gasteiger partial charge is 0.457 e. The first-order valence-electron chi connectivity index (χ1n) is 5.32. The fraction of sp³-hybridized carbons (Fsp3) is 0.0714. The predicted molar refractivity (Wildman–Crippen MR) is 61.9 cm³/mol. The van der Waals surface area contributed by atoms with Gasteiger partial charge in [-0.3, -0.25) is 0 Å². The van der Waals surface area contributed by atoms with Gasteiger partial charge < -0.3 is 4.74 Å². The maximum atomic E-state index is 12.7. The van der Waals surface area contributed by atoms with Gasteiger partial charge in [-0.25, -0.2) is 13.6 Å². The van der Waals surface area contributed by atoms with Gasteiger partial charge in [0, 0.05) is 0 Å². The highest BCUT2D eigenvalue weighted by molar-refractivity contribution is 5.89.